The van der Waals surface area contributed by atoms with Gasteiger partial charge in [0.15, 0.2) is 9.84 Å². The van der Waals surface area contributed by atoms with Crippen molar-refractivity contribution in [1.29, 1.82) is 0 Å². The van der Waals surface area contributed by atoms with E-state index in [9.17, 15) is 13.2 Å². The number of methoxy groups -OCH3 is 1. The third-order valence-electron chi connectivity index (χ3n) is 4.63. The van der Waals surface area contributed by atoms with E-state index >= 15 is 0 Å². The zero-order valence-electron chi connectivity index (χ0n) is 14.4. The number of carbonyl (C=O) groups excluding carboxylic acids is 1. The molecule has 1 aliphatic rings. The number of carbonyl (C=O) groups is 1. The summed E-state index contributed by atoms with van der Waals surface area (Å²) in [6.07, 6.45) is 0.877. The lowest BCUT2D eigenvalue weighted by Crippen LogP contribution is -2.42. The van der Waals surface area contributed by atoms with Gasteiger partial charge < -0.3 is 9.64 Å². The highest BCUT2D eigenvalue weighted by Gasteiger charge is 2.33. The second-order valence-electron chi connectivity index (χ2n) is 6.22. The van der Waals surface area contributed by atoms with Crippen molar-refractivity contribution in [3.63, 3.8) is 0 Å². The Morgan fingerprint density at radius 3 is 2.35 bits per heavy atom. The fourth-order valence-corrected chi connectivity index (χ4v) is 5.26. The first kappa shape index (κ1) is 18.9. The molecule has 2 aromatic rings. The van der Waals surface area contributed by atoms with Crippen molar-refractivity contribution in [3.05, 3.63) is 58.6 Å². The standard InChI is InChI=1S/C19H20BrNO4S/c1-25-16-5-7-17(8-6-16)26(23,24)18-9-11-21(12-10-18)19(22)14-3-2-4-15(20)13-14/h2-8,13,18H,9-12H2,1H3. The normalized spacial score (nSPS) is 15.7. The van der Waals surface area contributed by atoms with E-state index in [-0.39, 0.29) is 5.91 Å². The van der Waals surface area contributed by atoms with E-state index in [1.165, 1.54) is 0 Å². The van der Waals surface area contributed by atoms with Gasteiger partial charge in [-0.2, -0.15) is 0 Å². The summed E-state index contributed by atoms with van der Waals surface area (Å²) in [7, 11) is -1.87. The Bertz CT molecular complexity index is 888. The van der Waals surface area contributed by atoms with Crippen LogP contribution in [0.5, 0.6) is 5.75 Å². The van der Waals surface area contributed by atoms with Gasteiger partial charge in [-0.05, 0) is 55.3 Å². The molecule has 1 saturated heterocycles. The molecular weight excluding hydrogens is 418 g/mol. The van der Waals surface area contributed by atoms with Crippen molar-refractivity contribution >= 4 is 31.7 Å². The summed E-state index contributed by atoms with van der Waals surface area (Å²) >= 11 is 3.37. The first-order chi connectivity index (χ1) is 12.4. The van der Waals surface area contributed by atoms with Gasteiger partial charge in [-0.1, -0.05) is 22.0 Å². The lowest BCUT2D eigenvalue weighted by atomic mass is 10.1. The third kappa shape index (κ3) is 3.94. The van der Waals surface area contributed by atoms with Crippen LogP contribution in [0.2, 0.25) is 0 Å². The highest BCUT2D eigenvalue weighted by molar-refractivity contribution is 9.10. The van der Waals surface area contributed by atoms with Crippen LogP contribution in [0.1, 0.15) is 23.2 Å². The molecule has 0 unspecified atom stereocenters. The van der Waals surface area contributed by atoms with Gasteiger partial charge in [0.1, 0.15) is 5.75 Å². The lowest BCUT2D eigenvalue weighted by molar-refractivity contribution is 0.0725. The zero-order chi connectivity index (χ0) is 18.7. The number of halogens is 1. The fraction of sp³-hybridized carbons (Fsp3) is 0.316. The summed E-state index contributed by atoms with van der Waals surface area (Å²) in [5, 5.41) is -0.470. The Labute approximate surface area is 162 Å². The molecule has 3 rings (SSSR count). The van der Waals surface area contributed by atoms with E-state index in [2.05, 4.69) is 15.9 Å². The zero-order valence-corrected chi connectivity index (χ0v) is 16.8. The maximum absolute atomic E-state index is 12.8. The molecule has 138 valence electrons. The lowest BCUT2D eigenvalue weighted by Gasteiger charge is -2.32. The SMILES string of the molecule is COc1ccc(S(=O)(=O)C2CCN(C(=O)c3cccc(Br)c3)CC2)cc1. The summed E-state index contributed by atoms with van der Waals surface area (Å²) in [5.41, 5.74) is 0.607. The van der Waals surface area contributed by atoms with Crippen molar-refractivity contribution in [3.8, 4) is 5.75 Å². The largest absolute Gasteiger partial charge is 0.497 e. The predicted molar refractivity (Wildman–Crippen MR) is 103 cm³/mol. The van der Waals surface area contributed by atoms with E-state index in [0.29, 0.717) is 42.1 Å². The Morgan fingerprint density at radius 1 is 1.12 bits per heavy atom. The summed E-state index contributed by atoms with van der Waals surface area (Å²) in [6.45, 7) is 0.872. The molecular formula is C19H20BrNO4S. The Morgan fingerprint density at radius 2 is 1.77 bits per heavy atom. The highest BCUT2D eigenvalue weighted by Crippen LogP contribution is 2.27. The smallest absolute Gasteiger partial charge is 0.253 e. The summed E-state index contributed by atoms with van der Waals surface area (Å²) in [6, 6.07) is 13.7. The number of ether oxygens (including phenoxy) is 1. The van der Waals surface area contributed by atoms with E-state index in [0.717, 1.165) is 4.47 Å². The van der Waals surface area contributed by atoms with Gasteiger partial charge in [0.25, 0.3) is 5.91 Å². The van der Waals surface area contributed by atoms with E-state index in [1.54, 1.807) is 48.4 Å². The first-order valence-corrected chi connectivity index (χ1v) is 10.7. The number of rotatable bonds is 4. The molecule has 1 fully saturated rings. The van der Waals surface area contributed by atoms with Crippen LogP contribution in [0.4, 0.5) is 0 Å². The van der Waals surface area contributed by atoms with Crippen molar-refractivity contribution in [1.82, 2.24) is 4.90 Å². The monoisotopic (exact) mass is 437 g/mol. The van der Waals surface area contributed by atoms with Crippen molar-refractivity contribution in [2.24, 2.45) is 0 Å². The quantitative estimate of drug-likeness (QED) is 0.733. The Kier molecular flexibility index (Phi) is 5.67. The van der Waals surface area contributed by atoms with Crippen LogP contribution in [-0.2, 0) is 9.84 Å². The number of sulfone groups is 1. The Balaban J connectivity index is 1.68. The van der Waals surface area contributed by atoms with Gasteiger partial charge in [0.05, 0.1) is 17.3 Å². The number of nitrogens with zero attached hydrogens (tertiary/aromatic N) is 1. The van der Waals surface area contributed by atoms with Crippen molar-refractivity contribution < 1.29 is 17.9 Å². The van der Waals surface area contributed by atoms with Crippen LogP contribution in [-0.4, -0.2) is 44.7 Å². The van der Waals surface area contributed by atoms with Gasteiger partial charge in [0, 0.05) is 23.1 Å². The van der Waals surface area contributed by atoms with E-state index in [1.807, 2.05) is 12.1 Å². The van der Waals surface area contributed by atoms with Crippen LogP contribution in [0.3, 0.4) is 0 Å². The maximum atomic E-state index is 12.8. The van der Waals surface area contributed by atoms with Crippen molar-refractivity contribution in [2.45, 2.75) is 23.0 Å². The molecule has 1 heterocycles. The van der Waals surface area contributed by atoms with Crippen molar-refractivity contribution in [2.75, 3.05) is 20.2 Å². The third-order valence-corrected chi connectivity index (χ3v) is 7.40. The average Bonchev–Trinajstić information content (AvgIpc) is 2.67. The second kappa shape index (κ2) is 7.80. The molecule has 0 bridgehead atoms. The number of amides is 1. The number of hydrogen-bond acceptors (Lipinski definition) is 4. The van der Waals surface area contributed by atoms with Gasteiger partial charge in [-0.3, -0.25) is 4.79 Å². The molecule has 26 heavy (non-hydrogen) atoms. The second-order valence-corrected chi connectivity index (χ2v) is 9.37. The van der Waals surface area contributed by atoms with E-state index < -0.39 is 15.1 Å². The minimum absolute atomic E-state index is 0.0633. The molecule has 1 aliphatic heterocycles. The van der Waals surface area contributed by atoms with Crippen LogP contribution >= 0.6 is 15.9 Å². The van der Waals surface area contributed by atoms with E-state index in [4.69, 9.17) is 4.74 Å². The van der Waals surface area contributed by atoms with Gasteiger partial charge >= 0.3 is 0 Å². The summed E-state index contributed by atoms with van der Waals surface area (Å²) in [4.78, 5) is 14.6. The maximum Gasteiger partial charge on any atom is 0.253 e. The molecule has 0 saturated carbocycles. The van der Waals surface area contributed by atoms with Crippen LogP contribution in [0.15, 0.2) is 57.9 Å². The molecule has 0 aromatic heterocycles. The Hall–Kier alpha value is -1.86. The number of benzene rings is 2. The molecule has 2 aromatic carbocycles. The molecule has 1 amide bonds. The molecule has 0 radical (unpaired) electrons. The predicted octanol–water partition coefficient (Wildman–Crippen LogP) is 3.54. The molecule has 0 atom stereocenters. The topological polar surface area (TPSA) is 63.7 Å². The molecule has 7 heteroatoms. The number of likely N-dealkylation sites (tertiary alicyclic amines) is 1. The fourth-order valence-electron chi connectivity index (χ4n) is 3.13. The summed E-state index contributed by atoms with van der Waals surface area (Å²) in [5.74, 6) is 0.560. The number of hydrogen-bond donors (Lipinski definition) is 0. The minimum Gasteiger partial charge on any atom is -0.497 e. The van der Waals surface area contributed by atoms with Crippen LogP contribution in [0, 0.1) is 0 Å². The average molecular weight is 438 g/mol. The molecule has 0 aliphatic carbocycles. The highest BCUT2D eigenvalue weighted by atomic mass is 79.9. The number of piperidine rings is 1. The summed E-state index contributed by atoms with van der Waals surface area (Å²) < 4.78 is 31.6. The van der Waals surface area contributed by atoms with Crippen LogP contribution < -0.4 is 4.74 Å². The van der Waals surface area contributed by atoms with Gasteiger partial charge in [-0.15, -0.1) is 0 Å². The van der Waals surface area contributed by atoms with Gasteiger partial charge in [0.2, 0.25) is 0 Å². The molecule has 5 nitrogen and oxygen atoms in total. The minimum atomic E-state index is -3.41. The molecule has 0 spiro atoms. The van der Waals surface area contributed by atoms with Crippen LogP contribution in [0.25, 0.3) is 0 Å². The first-order valence-electron chi connectivity index (χ1n) is 8.34. The molecule has 0 N–H and O–H groups in total. The van der Waals surface area contributed by atoms with Gasteiger partial charge in [-0.25, -0.2) is 8.42 Å².